The minimum absolute atomic E-state index is 0.183. The Balaban J connectivity index is 2.13. The number of amides is 1. The van der Waals surface area contributed by atoms with Gasteiger partial charge in [-0.05, 0) is 56.2 Å². The van der Waals surface area contributed by atoms with E-state index in [4.69, 9.17) is 0 Å². The fourth-order valence-electron chi connectivity index (χ4n) is 3.26. The van der Waals surface area contributed by atoms with Crippen LogP contribution in [0.5, 0.6) is 0 Å². The molecule has 1 amide bonds. The summed E-state index contributed by atoms with van der Waals surface area (Å²) in [6.07, 6.45) is -4.62. The van der Waals surface area contributed by atoms with Crippen LogP contribution in [-0.2, 0) is 6.18 Å². The molecule has 0 aliphatic rings. The second-order valence-corrected chi connectivity index (χ2v) is 7.14. The van der Waals surface area contributed by atoms with Crippen molar-refractivity contribution in [2.75, 3.05) is 11.9 Å². The van der Waals surface area contributed by atoms with Crippen LogP contribution in [-0.4, -0.2) is 22.7 Å². The lowest BCUT2D eigenvalue weighted by molar-refractivity contribution is -0.137. The summed E-state index contributed by atoms with van der Waals surface area (Å²) in [4.78, 5) is 26.7. The zero-order chi connectivity index (χ0) is 22.2. The number of carbonyl (C=O) groups excluding carboxylic acids is 1. The van der Waals surface area contributed by atoms with Crippen molar-refractivity contribution >= 4 is 11.6 Å². The lowest BCUT2D eigenvalue weighted by atomic mass is 10.1. The van der Waals surface area contributed by atoms with E-state index < -0.39 is 28.8 Å². The van der Waals surface area contributed by atoms with Crippen molar-refractivity contribution in [3.05, 3.63) is 86.8 Å². The molecule has 0 spiro atoms. The Morgan fingerprint density at radius 3 is 2.20 bits per heavy atom. The number of carbonyl (C=O) groups is 1. The van der Waals surface area contributed by atoms with Crippen LogP contribution >= 0.6 is 0 Å². The van der Waals surface area contributed by atoms with E-state index in [9.17, 15) is 22.8 Å². The molecule has 1 aromatic heterocycles. The molecular formula is C22H20F3N3O2. The first-order chi connectivity index (χ1) is 14.0. The first kappa shape index (κ1) is 21.3. The van der Waals surface area contributed by atoms with E-state index in [1.54, 1.807) is 12.1 Å². The molecule has 0 radical (unpaired) electrons. The number of benzene rings is 2. The summed E-state index contributed by atoms with van der Waals surface area (Å²) < 4.78 is 41.3. The van der Waals surface area contributed by atoms with E-state index in [0.717, 1.165) is 27.9 Å². The van der Waals surface area contributed by atoms with Gasteiger partial charge in [0.05, 0.1) is 11.3 Å². The number of nitrogens with zero attached hydrogens (tertiary/aromatic N) is 3. The average Bonchev–Trinajstić information content (AvgIpc) is 2.65. The van der Waals surface area contributed by atoms with Crippen molar-refractivity contribution in [2.24, 2.45) is 0 Å². The van der Waals surface area contributed by atoms with Gasteiger partial charge in [0.15, 0.2) is 5.69 Å². The summed E-state index contributed by atoms with van der Waals surface area (Å²) in [5, 5.41) is 4.02. The van der Waals surface area contributed by atoms with E-state index >= 15 is 0 Å². The molecule has 5 nitrogen and oxygen atoms in total. The van der Waals surface area contributed by atoms with Crippen LogP contribution in [0, 0.1) is 20.8 Å². The fourth-order valence-corrected chi connectivity index (χ4v) is 3.26. The molecule has 8 heteroatoms. The summed E-state index contributed by atoms with van der Waals surface area (Å²) >= 11 is 0. The molecule has 30 heavy (non-hydrogen) atoms. The number of hydrogen-bond donors (Lipinski definition) is 0. The van der Waals surface area contributed by atoms with Gasteiger partial charge in [-0.2, -0.15) is 18.3 Å². The van der Waals surface area contributed by atoms with E-state index in [1.165, 1.54) is 37.1 Å². The largest absolute Gasteiger partial charge is 0.418 e. The molecule has 156 valence electrons. The maximum Gasteiger partial charge on any atom is 0.418 e. The molecule has 0 N–H and O–H groups in total. The van der Waals surface area contributed by atoms with Gasteiger partial charge in [-0.1, -0.05) is 18.2 Å². The number of aromatic nitrogens is 2. The third kappa shape index (κ3) is 4.12. The second-order valence-electron chi connectivity index (χ2n) is 7.14. The predicted molar refractivity (Wildman–Crippen MR) is 108 cm³/mol. The van der Waals surface area contributed by atoms with Gasteiger partial charge >= 0.3 is 6.18 Å². The zero-order valence-corrected chi connectivity index (χ0v) is 16.9. The number of anilines is 1. The fraction of sp³-hybridized carbons (Fsp3) is 0.227. The maximum absolute atomic E-state index is 13.5. The van der Waals surface area contributed by atoms with Gasteiger partial charge < -0.3 is 4.90 Å². The summed E-state index contributed by atoms with van der Waals surface area (Å²) in [5.74, 6) is -0.705. The first-order valence-corrected chi connectivity index (χ1v) is 9.13. The molecule has 3 rings (SSSR count). The van der Waals surface area contributed by atoms with E-state index in [1.807, 2.05) is 19.9 Å². The van der Waals surface area contributed by atoms with Crippen LogP contribution < -0.4 is 10.3 Å². The number of para-hydroxylation sites is 1. The molecule has 0 bridgehead atoms. The summed E-state index contributed by atoms with van der Waals surface area (Å²) in [7, 11) is 1.49. The van der Waals surface area contributed by atoms with E-state index in [2.05, 4.69) is 5.10 Å². The average molecular weight is 415 g/mol. The number of halogens is 3. The smallest absolute Gasteiger partial charge is 0.310 e. The topological polar surface area (TPSA) is 55.2 Å². The van der Waals surface area contributed by atoms with Crippen molar-refractivity contribution in [2.45, 2.75) is 26.9 Å². The highest BCUT2D eigenvalue weighted by atomic mass is 19.4. The Kier molecular flexibility index (Phi) is 5.52. The molecular weight excluding hydrogens is 395 g/mol. The Morgan fingerprint density at radius 2 is 1.60 bits per heavy atom. The monoisotopic (exact) mass is 415 g/mol. The molecule has 1 heterocycles. The molecule has 0 saturated heterocycles. The van der Waals surface area contributed by atoms with Gasteiger partial charge in [0.1, 0.15) is 0 Å². The van der Waals surface area contributed by atoms with Crippen LogP contribution in [0.3, 0.4) is 0 Å². The summed E-state index contributed by atoms with van der Waals surface area (Å²) in [6, 6.07) is 11.5. The third-order valence-electron chi connectivity index (χ3n) is 4.65. The van der Waals surface area contributed by atoms with Crippen LogP contribution in [0.25, 0.3) is 5.69 Å². The van der Waals surface area contributed by atoms with Crippen molar-refractivity contribution in [1.82, 2.24) is 9.78 Å². The number of rotatable bonds is 3. The Hall–Kier alpha value is -3.42. The normalized spacial score (nSPS) is 11.4. The van der Waals surface area contributed by atoms with E-state index in [-0.39, 0.29) is 11.4 Å². The highest BCUT2D eigenvalue weighted by Gasteiger charge is 2.34. The summed E-state index contributed by atoms with van der Waals surface area (Å²) in [5.41, 5.74) is 0.310. The Morgan fingerprint density at radius 1 is 1.00 bits per heavy atom. The van der Waals surface area contributed by atoms with Crippen molar-refractivity contribution in [3.63, 3.8) is 0 Å². The quantitative estimate of drug-likeness (QED) is 0.635. The third-order valence-corrected chi connectivity index (χ3v) is 4.65. The molecule has 0 atom stereocenters. The Bertz CT molecular complexity index is 1160. The van der Waals surface area contributed by atoms with Gasteiger partial charge in [0.25, 0.3) is 5.91 Å². The second kappa shape index (κ2) is 7.78. The zero-order valence-electron chi connectivity index (χ0n) is 16.9. The SMILES string of the molecule is Cc1cc(C)cc(N(C)C(=O)c2nn(-c3ccccc3C(F)(F)F)c(C)cc2=O)c1. The highest BCUT2D eigenvalue weighted by molar-refractivity contribution is 6.04. The minimum Gasteiger partial charge on any atom is -0.310 e. The predicted octanol–water partition coefficient (Wildman–Crippen LogP) is 4.45. The standard InChI is InChI=1S/C22H20F3N3O2/c1-13-9-14(2)11-16(10-13)27(4)21(30)20-19(29)12-15(3)28(26-20)18-8-6-5-7-17(18)22(23,24)25/h5-12H,1-4H3. The molecule has 0 aliphatic carbocycles. The van der Waals surface area contributed by atoms with Crippen LogP contribution in [0.1, 0.15) is 32.9 Å². The molecule has 2 aromatic carbocycles. The van der Waals surface area contributed by atoms with Gasteiger partial charge in [0.2, 0.25) is 5.43 Å². The molecule has 0 saturated carbocycles. The van der Waals surface area contributed by atoms with Crippen LogP contribution in [0.2, 0.25) is 0 Å². The lowest BCUT2D eigenvalue weighted by Gasteiger charge is -2.20. The molecule has 3 aromatic rings. The van der Waals surface area contributed by atoms with Crippen molar-refractivity contribution in [1.29, 1.82) is 0 Å². The molecule has 0 aliphatic heterocycles. The van der Waals surface area contributed by atoms with Crippen molar-refractivity contribution in [3.8, 4) is 5.69 Å². The number of alkyl halides is 3. The first-order valence-electron chi connectivity index (χ1n) is 9.13. The Labute approximate surface area is 171 Å². The maximum atomic E-state index is 13.5. The van der Waals surface area contributed by atoms with Crippen LogP contribution in [0.4, 0.5) is 18.9 Å². The summed E-state index contributed by atoms with van der Waals surface area (Å²) in [6.45, 7) is 5.21. The van der Waals surface area contributed by atoms with Gasteiger partial charge in [-0.3, -0.25) is 9.59 Å². The lowest BCUT2D eigenvalue weighted by Crippen LogP contribution is -2.34. The van der Waals surface area contributed by atoms with Crippen molar-refractivity contribution < 1.29 is 18.0 Å². The number of aryl methyl sites for hydroxylation is 3. The van der Waals surface area contributed by atoms with Crippen LogP contribution in [0.15, 0.2) is 53.3 Å². The minimum atomic E-state index is -4.62. The molecule has 0 unspecified atom stereocenters. The van der Waals surface area contributed by atoms with E-state index in [0.29, 0.717) is 5.69 Å². The van der Waals surface area contributed by atoms with Gasteiger partial charge in [-0.25, -0.2) is 4.68 Å². The molecule has 0 fully saturated rings. The highest BCUT2D eigenvalue weighted by Crippen LogP contribution is 2.33. The number of hydrogen-bond acceptors (Lipinski definition) is 3. The van der Waals surface area contributed by atoms with Gasteiger partial charge in [0, 0.05) is 24.5 Å². The van der Waals surface area contributed by atoms with Gasteiger partial charge in [-0.15, -0.1) is 0 Å².